The molecule has 0 amide bonds. The van der Waals surface area contributed by atoms with Gasteiger partial charge in [0.2, 0.25) is 0 Å². The molecule has 0 spiro atoms. The minimum absolute atomic E-state index is 0.00178. The monoisotopic (exact) mass is 431 g/mol. The molecule has 0 aliphatic carbocycles. The lowest BCUT2D eigenvalue weighted by Gasteiger charge is -2.12. The van der Waals surface area contributed by atoms with E-state index in [0.29, 0.717) is 5.56 Å². The average Bonchev–Trinajstić information content (AvgIpc) is 2.64. The van der Waals surface area contributed by atoms with Gasteiger partial charge in [-0.25, -0.2) is 4.79 Å². The van der Waals surface area contributed by atoms with Gasteiger partial charge in [0, 0.05) is 23.2 Å². The first-order valence-corrected chi connectivity index (χ1v) is 8.96. The van der Waals surface area contributed by atoms with E-state index in [-0.39, 0.29) is 57.5 Å². The van der Waals surface area contributed by atoms with Crippen LogP contribution in [0.2, 0.25) is 15.1 Å². The first-order chi connectivity index (χ1) is 12.8. The van der Waals surface area contributed by atoms with Crippen LogP contribution in [0.1, 0.15) is 28.4 Å². The molecule has 0 fully saturated rings. The van der Waals surface area contributed by atoms with Gasteiger partial charge in [0.1, 0.15) is 16.5 Å². The predicted molar refractivity (Wildman–Crippen MR) is 103 cm³/mol. The van der Waals surface area contributed by atoms with Gasteiger partial charge in [0.15, 0.2) is 12.4 Å². The number of carbonyl (C=O) groups excluding carboxylic acids is 2. The highest BCUT2D eigenvalue weighted by Crippen LogP contribution is 2.37. The van der Waals surface area contributed by atoms with Crippen molar-refractivity contribution in [3.05, 3.63) is 56.0 Å². The number of phenols is 1. The Balaban J connectivity index is 2.32. The molecule has 0 aromatic heterocycles. The fraction of sp³-hybridized carbons (Fsp3) is 0.222. The number of nitrogens with two attached hydrogens (primary N) is 1. The number of carbonyl (C=O) groups is 2. The standard InChI is InChI=1S/C18H16Cl3NO5/c1-2-26-14(23)8-27-13-4-3-11(15(20)16(13)21)17(24)9-5-10(7-22)18(25)12(19)6-9/h3-6,25H,2,7-8,22H2,1H3. The fourth-order valence-corrected chi connectivity index (χ4v) is 2.96. The minimum Gasteiger partial charge on any atom is -0.506 e. The highest BCUT2D eigenvalue weighted by molar-refractivity contribution is 6.45. The molecule has 2 rings (SSSR count). The van der Waals surface area contributed by atoms with Crippen LogP contribution in [-0.4, -0.2) is 30.1 Å². The van der Waals surface area contributed by atoms with Gasteiger partial charge in [-0.2, -0.15) is 0 Å². The molecule has 2 aromatic rings. The number of halogens is 3. The zero-order chi connectivity index (χ0) is 20.1. The van der Waals surface area contributed by atoms with Crippen molar-refractivity contribution in [2.75, 3.05) is 13.2 Å². The molecule has 0 heterocycles. The highest BCUT2D eigenvalue weighted by Gasteiger charge is 2.20. The summed E-state index contributed by atoms with van der Waals surface area (Å²) in [5.74, 6) is -1.06. The van der Waals surface area contributed by atoms with E-state index in [2.05, 4.69) is 0 Å². The molecule has 27 heavy (non-hydrogen) atoms. The maximum atomic E-state index is 12.8. The summed E-state index contributed by atoms with van der Waals surface area (Å²) in [4.78, 5) is 24.1. The van der Waals surface area contributed by atoms with Gasteiger partial charge in [0.25, 0.3) is 0 Å². The largest absolute Gasteiger partial charge is 0.506 e. The highest BCUT2D eigenvalue weighted by atomic mass is 35.5. The fourth-order valence-electron chi connectivity index (χ4n) is 2.26. The van der Waals surface area contributed by atoms with Gasteiger partial charge in [-0.15, -0.1) is 0 Å². The summed E-state index contributed by atoms with van der Waals surface area (Å²) >= 11 is 18.3. The number of phenolic OH excluding ortho intramolecular Hbond substituents is 1. The van der Waals surface area contributed by atoms with E-state index in [0.717, 1.165) is 0 Å². The van der Waals surface area contributed by atoms with Gasteiger partial charge in [-0.1, -0.05) is 34.8 Å². The molecule has 144 valence electrons. The van der Waals surface area contributed by atoms with Gasteiger partial charge in [0.05, 0.1) is 16.7 Å². The second-order valence-corrected chi connectivity index (χ2v) is 6.50. The first kappa shape index (κ1) is 21.3. The van der Waals surface area contributed by atoms with E-state index >= 15 is 0 Å². The van der Waals surface area contributed by atoms with Crippen LogP contribution in [0.4, 0.5) is 0 Å². The van der Waals surface area contributed by atoms with Crippen molar-refractivity contribution in [3.8, 4) is 11.5 Å². The Kier molecular flexibility index (Phi) is 7.33. The molecule has 0 unspecified atom stereocenters. The van der Waals surface area contributed by atoms with E-state index in [1.807, 2.05) is 0 Å². The molecule has 0 atom stereocenters. The van der Waals surface area contributed by atoms with Crippen molar-refractivity contribution in [1.29, 1.82) is 0 Å². The van der Waals surface area contributed by atoms with Crippen molar-refractivity contribution in [2.24, 2.45) is 5.73 Å². The third-order valence-corrected chi connectivity index (χ3v) is 4.72. The number of ether oxygens (including phenoxy) is 2. The lowest BCUT2D eigenvalue weighted by molar-refractivity contribution is -0.145. The zero-order valence-corrected chi connectivity index (χ0v) is 16.5. The van der Waals surface area contributed by atoms with Crippen LogP contribution in [0.5, 0.6) is 11.5 Å². The van der Waals surface area contributed by atoms with E-state index in [1.165, 1.54) is 24.3 Å². The number of hydrogen-bond donors (Lipinski definition) is 2. The van der Waals surface area contributed by atoms with Gasteiger partial charge >= 0.3 is 5.97 Å². The molecule has 0 saturated carbocycles. The van der Waals surface area contributed by atoms with E-state index < -0.39 is 11.8 Å². The smallest absolute Gasteiger partial charge is 0.344 e. The molecule has 0 bridgehead atoms. The Morgan fingerprint density at radius 2 is 1.85 bits per heavy atom. The van der Waals surface area contributed by atoms with Crippen LogP contribution in [0.25, 0.3) is 0 Å². The summed E-state index contributed by atoms with van der Waals surface area (Å²) in [5.41, 5.74) is 6.17. The van der Waals surface area contributed by atoms with Crippen LogP contribution >= 0.6 is 34.8 Å². The number of esters is 1. The molecule has 0 aliphatic heterocycles. The van der Waals surface area contributed by atoms with Crippen molar-refractivity contribution in [1.82, 2.24) is 0 Å². The van der Waals surface area contributed by atoms with Gasteiger partial charge < -0.3 is 20.3 Å². The lowest BCUT2D eigenvalue weighted by atomic mass is 10.0. The Morgan fingerprint density at radius 3 is 2.48 bits per heavy atom. The number of rotatable bonds is 7. The van der Waals surface area contributed by atoms with Crippen molar-refractivity contribution in [2.45, 2.75) is 13.5 Å². The quantitative estimate of drug-likeness (QED) is 0.507. The Hall–Kier alpha value is -1.99. The molecule has 0 radical (unpaired) electrons. The predicted octanol–water partition coefficient (Wildman–Crippen LogP) is 3.98. The van der Waals surface area contributed by atoms with Crippen LogP contribution in [-0.2, 0) is 16.1 Å². The molecule has 6 nitrogen and oxygen atoms in total. The topological polar surface area (TPSA) is 98.8 Å². The van der Waals surface area contributed by atoms with E-state index in [9.17, 15) is 14.7 Å². The number of ketones is 1. The Bertz CT molecular complexity index is 886. The SMILES string of the molecule is CCOC(=O)COc1ccc(C(=O)c2cc(Cl)c(O)c(CN)c2)c(Cl)c1Cl. The Labute approximate surface area is 170 Å². The normalized spacial score (nSPS) is 10.6. The molecule has 0 aliphatic rings. The van der Waals surface area contributed by atoms with Crippen molar-refractivity contribution >= 4 is 46.6 Å². The van der Waals surface area contributed by atoms with Crippen molar-refractivity contribution in [3.63, 3.8) is 0 Å². The third-order valence-electron chi connectivity index (χ3n) is 3.57. The molecule has 3 N–H and O–H groups in total. The summed E-state index contributed by atoms with van der Waals surface area (Å²) in [6.45, 7) is 1.56. The maximum Gasteiger partial charge on any atom is 0.344 e. The summed E-state index contributed by atoms with van der Waals surface area (Å²) in [7, 11) is 0. The minimum atomic E-state index is -0.558. The van der Waals surface area contributed by atoms with Crippen LogP contribution < -0.4 is 10.5 Å². The number of hydrogen-bond acceptors (Lipinski definition) is 6. The Morgan fingerprint density at radius 1 is 1.15 bits per heavy atom. The molecule has 9 heteroatoms. The maximum absolute atomic E-state index is 12.8. The average molecular weight is 433 g/mol. The van der Waals surface area contributed by atoms with Crippen molar-refractivity contribution < 1.29 is 24.2 Å². The molecule has 2 aromatic carbocycles. The first-order valence-electron chi connectivity index (χ1n) is 7.82. The second-order valence-electron chi connectivity index (χ2n) is 5.33. The van der Waals surface area contributed by atoms with E-state index in [4.69, 9.17) is 50.0 Å². The third kappa shape index (κ3) is 4.84. The second kappa shape index (κ2) is 9.28. The number of aromatic hydroxyl groups is 1. The van der Waals surface area contributed by atoms with E-state index in [1.54, 1.807) is 6.92 Å². The van der Waals surface area contributed by atoms with Gasteiger partial charge in [-0.05, 0) is 31.2 Å². The molecule has 0 saturated heterocycles. The summed E-state index contributed by atoms with van der Waals surface area (Å²) in [6.07, 6.45) is 0. The zero-order valence-electron chi connectivity index (χ0n) is 14.2. The lowest BCUT2D eigenvalue weighted by Crippen LogP contribution is -2.15. The summed E-state index contributed by atoms with van der Waals surface area (Å²) in [6, 6.07) is 5.58. The van der Waals surface area contributed by atoms with Gasteiger partial charge in [-0.3, -0.25) is 4.79 Å². The molecular formula is C18H16Cl3NO5. The summed E-state index contributed by atoms with van der Waals surface area (Å²) in [5, 5.41) is 9.77. The van der Waals surface area contributed by atoms with Crippen LogP contribution in [0.3, 0.4) is 0 Å². The number of benzene rings is 2. The molecular weight excluding hydrogens is 417 g/mol. The van der Waals surface area contributed by atoms with Crippen LogP contribution in [0, 0.1) is 0 Å². The van der Waals surface area contributed by atoms with Crippen LogP contribution in [0.15, 0.2) is 24.3 Å². The summed E-state index contributed by atoms with van der Waals surface area (Å²) < 4.78 is 10.0.